The number of hydrogen-bond acceptors (Lipinski definition) is 3. The first-order chi connectivity index (χ1) is 13.0. The van der Waals surface area contributed by atoms with Gasteiger partial charge in [0.25, 0.3) is 0 Å². The number of rotatable bonds is 5. The van der Waals surface area contributed by atoms with Crippen LogP contribution < -0.4 is 15.5 Å². The van der Waals surface area contributed by atoms with E-state index in [1.54, 1.807) is 29.2 Å². The van der Waals surface area contributed by atoms with Gasteiger partial charge >= 0.3 is 0 Å². The summed E-state index contributed by atoms with van der Waals surface area (Å²) in [5.74, 6) is -0.844. The van der Waals surface area contributed by atoms with E-state index in [0.29, 0.717) is 17.9 Å². The van der Waals surface area contributed by atoms with Gasteiger partial charge in [-0.2, -0.15) is 0 Å². The number of nitrogens with one attached hydrogen (secondary N) is 2. The van der Waals surface area contributed by atoms with Crippen molar-refractivity contribution in [2.75, 3.05) is 22.1 Å². The molecule has 27 heavy (non-hydrogen) atoms. The second-order valence-corrected chi connectivity index (χ2v) is 6.68. The highest BCUT2D eigenvalue weighted by molar-refractivity contribution is 6.04. The first-order valence-electron chi connectivity index (χ1n) is 9.04. The van der Waals surface area contributed by atoms with Crippen LogP contribution in [-0.4, -0.2) is 24.3 Å². The van der Waals surface area contributed by atoms with Gasteiger partial charge in [0.1, 0.15) is 0 Å². The molecule has 2 aromatic carbocycles. The van der Waals surface area contributed by atoms with Crippen molar-refractivity contribution in [2.24, 2.45) is 5.92 Å². The summed E-state index contributed by atoms with van der Waals surface area (Å²) in [5.41, 5.74) is 3.23. The van der Waals surface area contributed by atoms with Crippen LogP contribution in [0.2, 0.25) is 0 Å². The number of nitrogens with zero attached hydrogens (tertiary/aromatic N) is 1. The third-order valence-electron chi connectivity index (χ3n) is 4.60. The van der Waals surface area contributed by atoms with Gasteiger partial charge in [-0.15, -0.1) is 0 Å². The van der Waals surface area contributed by atoms with Crippen LogP contribution in [0.5, 0.6) is 0 Å². The molecular weight excluding hydrogens is 342 g/mol. The number of amides is 3. The number of carbonyl (C=O) groups is 3. The van der Waals surface area contributed by atoms with Crippen molar-refractivity contribution in [1.29, 1.82) is 0 Å². The maximum atomic E-state index is 12.6. The number of hydrogen-bond donors (Lipinski definition) is 2. The second kappa shape index (κ2) is 8.03. The fourth-order valence-corrected chi connectivity index (χ4v) is 3.16. The summed E-state index contributed by atoms with van der Waals surface area (Å²) in [6.07, 6.45) is 1.11. The third kappa shape index (κ3) is 4.53. The normalized spacial score (nSPS) is 16.3. The van der Waals surface area contributed by atoms with Crippen LogP contribution >= 0.6 is 0 Å². The van der Waals surface area contributed by atoms with Gasteiger partial charge in [0.05, 0.1) is 5.92 Å². The van der Waals surface area contributed by atoms with E-state index in [1.807, 2.05) is 24.3 Å². The molecule has 6 heteroatoms. The first-order valence-corrected chi connectivity index (χ1v) is 9.04. The largest absolute Gasteiger partial charge is 0.326 e. The summed E-state index contributed by atoms with van der Waals surface area (Å²) < 4.78 is 0. The Bertz CT molecular complexity index is 861. The smallest absolute Gasteiger partial charge is 0.229 e. The summed E-state index contributed by atoms with van der Waals surface area (Å²) in [7, 11) is 0. The van der Waals surface area contributed by atoms with E-state index in [2.05, 4.69) is 17.6 Å². The lowest BCUT2D eigenvalue weighted by molar-refractivity contribution is -0.122. The first kappa shape index (κ1) is 18.6. The molecule has 0 saturated carbocycles. The molecule has 2 N–H and O–H groups in total. The van der Waals surface area contributed by atoms with E-state index in [4.69, 9.17) is 0 Å². The molecule has 3 amide bonds. The maximum Gasteiger partial charge on any atom is 0.229 e. The molecule has 140 valence electrons. The topological polar surface area (TPSA) is 78.5 Å². The summed E-state index contributed by atoms with van der Waals surface area (Å²) in [4.78, 5) is 37.8. The Morgan fingerprint density at radius 3 is 2.48 bits per heavy atom. The summed E-state index contributed by atoms with van der Waals surface area (Å²) in [6.45, 7) is 3.83. The molecule has 0 unspecified atom stereocenters. The zero-order valence-corrected chi connectivity index (χ0v) is 15.5. The minimum Gasteiger partial charge on any atom is -0.326 e. The highest BCUT2D eigenvalue weighted by Crippen LogP contribution is 2.28. The lowest BCUT2D eigenvalue weighted by Crippen LogP contribution is -2.28. The molecule has 0 spiro atoms. The Balaban J connectivity index is 1.67. The molecule has 3 rings (SSSR count). The van der Waals surface area contributed by atoms with E-state index >= 15 is 0 Å². The lowest BCUT2D eigenvalue weighted by Gasteiger charge is -2.18. The summed E-state index contributed by atoms with van der Waals surface area (Å²) in [6, 6.07) is 14.8. The molecule has 1 saturated heterocycles. The molecule has 1 aliphatic heterocycles. The van der Waals surface area contributed by atoms with Crippen molar-refractivity contribution in [1.82, 2.24) is 0 Å². The van der Waals surface area contributed by atoms with Gasteiger partial charge in [0, 0.05) is 37.0 Å². The zero-order valence-electron chi connectivity index (χ0n) is 15.5. The monoisotopic (exact) mass is 365 g/mol. The van der Waals surface area contributed by atoms with Crippen LogP contribution in [0.25, 0.3) is 0 Å². The minimum atomic E-state index is -0.409. The molecule has 1 fully saturated rings. The van der Waals surface area contributed by atoms with Crippen LogP contribution in [0.1, 0.15) is 25.8 Å². The van der Waals surface area contributed by atoms with Gasteiger partial charge in [0.15, 0.2) is 0 Å². The Kier molecular flexibility index (Phi) is 5.54. The van der Waals surface area contributed by atoms with E-state index in [-0.39, 0.29) is 24.1 Å². The predicted molar refractivity (Wildman–Crippen MR) is 106 cm³/mol. The molecule has 2 aromatic rings. The van der Waals surface area contributed by atoms with Crippen molar-refractivity contribution in [2.45, 2.75) is 26.7 Å². The van der Waals surface area contributed by atoms with Gasteiger partial charge in [-0.1, -0.05) is 25.1 Å². The van der Waals surface area contributed by atoms with Crippen LogP contribution in [0.4, 0.5) is 17.1 Å². The molecule has 1 atom stereocenters. The lowest BCUT2D eigenvalue weighted by atomic mass is 10.1. The zero-order chi connectivity index (χ0) is 19.4. The predicted octanol–water partition coefficient (Wildman–Crippen LogP) is 3.20. The van der Waals surface area contributed by atoms with Crippen molar-refractivity contribution in [3.63, 3.8) is 0 Å². The molecule has 1 aliphatic rings. The van der Waals surface area contributed by atoms with Crippen molar-refractivity contribution in [3.8, 4) is 0 Å². The van der Waals surface area contributed by atoms with Crippen molar-refractivity contribution < 1.29 is 14.4 Å². The highest BCUT2D eigenvalue weighted by atomic mass is 16.2. The molecule has 0 aromatic heterocycles. The average Bonchev–Trinajstić information content (AvgIpc) is 3.04. The Morgan fingerprint density at radius 1 is 1.07 bits per heavy atom. The van der Waals surface area contributed by atoms with Crippen LogP contribution in [-0.2, 0) is 20.8 Å². The molecule has 0 radical (unpaired) electrons. The fourth-order valence-electron chi connectivity index (χ4n) is 3.16. The molecule has 6 nitrogen and oxygen atoms in total. The Hall–Kier alpha value is -3.15. The Morgan fingerprint density at radius 2 is 1.81 bits per heavy atom. The van der Waals surface area contributed by atoms with E-state index in [9.17, 15) is 14.4 Å². The van der Waals surface area contributed by atoms with Gasteiger partial charge in [-0.05, 0) is 42.3 Å². The average molecular weight is 365 g/mol. The molecular formula is C21H23N3O3. The van der Waals surface area contributed by atoms with E-state index in [0.717, 1.165) is 12.1 Å². The van der Waals surface area contributed by atoms with Crippen molar-refractivity contribution >= 4 is 34.8 Å². The van der Waals surface area contributed by atoms with Gasteiger partial charge in [0.2, 0.25) is 17.7 Å². The Labute approximate surface area is 158 Å². The van der Waals surface area contributed by atoms with Gasteiger partial charge in [-0.3, -0.25) is 14.4 Å². The summed E-state index contributed by atoms with van der Waals surface area (Å²) >= 11 is 0. The quantitative estimate of drug-likeness (QED) is 0.854. The maximum absolute atomic E-state index is 12.6. The molecule has 0 bridgehead atoms. The van der Waals surface area contributed by atoms with Crippen LogP contribution in [0.15, 0.2) is 48.5 Å². The van der Waals surface area contributed by atoms with Crippen molar-refractivity contribution in [3.05, 3.63) is 54.1 Å². The van der Waals surface area contributed by atoms with Crippen LogP contribution in [0.3, 0.4) is 0 Å². The fraction of sp³-hybridized carbons (Fsp3) is 0.286. The second-order valence-electron chi connectivity index (χ2n) is 6.68. The van der Waals surface area contributed by atoms with Crippen LogP contribution in [0, 0.1) is 5.92 Å². The van der Waals surface area contributed by atoms with Gasteiger partial charge in [-0.25, -0.2) is 0 Å². The number of aryl methyl sites for hydroxylation is 1. The number of carbonyl (C=O) groups excluding carboxylic acids is 3. The number of benzene rings is 2. The standard InChI is InChI=1S/C21H23N3O3/c1-3-15-7-9-17(10-8-15)23-21(27)16-11-20(26)24(13-16)19-6-4-5-18(12-19)22-14(2)25/h4-10,12,16H,3,11,13H2,1-2H3,(H,22,25)(H,23,27)/t16-/m1/s1. The third-order valence-corrected chi connectivity index (χ3v) is 4.60. The van der Waals surface area contributed by atoms with E-state index in [1.165, 1.54) is 12.5 Å². The van der Waals surface area contributed by atoms with Gasteiger partial charge < -0.3 is 15.5 Å². The number of anilines is 3. The molecule has 0 aliphatic carbocycles. The highest BCUT2D eigenvalue weighted by Gasteiger charge is 2.35. The summed E-state index contributed by atoms with van der Waals surface area (Å²) in [5, 5.41) is 5.59. The molecule has 1 heterocycles. The SMILES string of the molecule is CCc1ccc(NC(=O)[C@@H]2CC(=O)N(c3cccc(NC(C)=O)c3)C2)cc1. The minimum absolute atomic E-state index is 0.101. The van der Waals surface area contributed by atoms with E-state index < -0.39 is 5.92 Å².